The number of rotatable bonds is 6. The summed E-state index contributed by atoms with van der Waals surface area (Å²) in [5.41, 5.74) is 2.18. The van der Waals surface area contributed by atoms with Gasteiger partial charge in [-0.15, -0.1) is 0 Å². The molecule has 0 atom stereocenters. The highest BCUT2D eigenvalue weighted by atomic mass is 16.5. The smallest absolute Gasteiger partial charge is 0.316 e. The average Bonchev–Trinajstić information content (AvgIpc) is 2.76. The monoisotopic (exact) mass is 397 g/mol. The van der Waals surface area contributed by atoms with Crippen LogP contribution in [-0.4, -0.2) is 44.1 Å². The molecule has 0 aromatic heterocycles. The van der Waals surface area contributed by atoms with Crippen molar-refractivity contribution in [1.82, 2.24) is 4.90 Å². The molecule has 0 radical (unpaired) electrons. The Kier molecular flexibility index (Phi) is 6.11. The van der Waals surface area contributed by atoms with Crippen LogP contribution in [0.15, 0.2) is 42.5 Å². The number of carbonyl (C=O) groups excluding carboxylic acids is 2. The largest absolute Gasteiger partial charge is 0.493 e. The highest BCUT2D eigenvalue weighted by molar-refractivity contribution is 5.85. The summed E-state index contributed by atoms with van der Waals surface area (Å²) in [5.74, 6) is 0.697. The minimum atomic E-state index is -0.819. The van der Waals surface area contributed by atoms with Crippen LogP contribution in [0, 0.1) is 0 Å². The van der Waals surface area contributed by atoms with E-state index in [1.807, 2.05) is 42.5 Å². The van der Waals surface area contributed by atoms with E-state index in [2.05, 4.69) is 0 Å². The first-order chi connectivity index (χ1) is 13.9. The van der Waals surface area contributed by atoms with Crippen molar-refractivity contribution in [3.8, 4) is 11.5 Å². The van der Waals surface area contributed by atoms with E-state index in [1.54, 1.807) is 33.0 Å². The van der Waals surface area contributed by atoms with Crippen molar-refractivity contribution in [2.24, 2.45) is 0 Å². The van der Waals surface area contributed by atoms with Gasteiger partial charge in [0.05, 0.1) is 19.6 Å². The molecule has 3 rings (SSSR count). The molecule has 0 N–H and O–H groups in total. The third-order valence-corrected chi connectivity index (χ3v) is 5.40. The first-order valence-electron chi connectivity index (χ1n) is 9.61. The summed E-state index contributed by atoms with van der Waals surface area (Å²) in [4.78, 5) is 26.9. The number of methoxy groups -OCH3 is 2. The van der Waals surface area contributed by atoms with Crippen LogP contribution < -0.4 is 9.47 Å². The second kappa shape index (κ2) is 8.55. The zero-order chi connectivity index (χ0) is 21.0. The second-order valence-electron chi connectivity index (χ2n) is 7.61. The van der Waals surface area contributed by atoms with Gasteiger partial charge in [0.15, 0.2) is 18.1 Å². The Balaban J connectivity index is 1.63. The van der Waals surface area contributed by atoms with Gasteiger partial charge in [0.25, 0.3) is 5.91 Å². The van der Waals surface area contributed by atoms with E-state index in [0.717, 1.165) is 16.7 Å². The molecule has 6 nitrogen and oxygen atoms in total. The summed E-state index contributed by atoms with van der Waals surface area (Å²) in [6.45, 7) is 4.35. The molecular weight excluding hydrogens is 370 g/mol. The average molecular weight is 397 g/mol. The van der Waals surface area contributed by atoms with E-state index >= 15 is 0 Å². The van der Waals surface area contributed by atoms with Gasteiger partial charge in [-0.3, -0.25) is 9.59 Å². The third-order valence-electron chi connectivity index (χ3n) is 5.40. The second-order valence-corrected chi connectivity index (χ2v) is 7.61. The molecule has 154 valence electrons. The first-order valence-corrected chi connectivity index (χ1v) is 9.61. The molecule has 6 heteroatoms. The molecule has 0 saturated heterocycles. The van der Waals surface area contributed by atoms with Crippen LogP contribution in [0.5, 0.6) is 11.5 Å². The number of hydrogen-bond donors (Lipinski definition) is 0. The van der Waals surface area contributed by atoms with Crippen LogP contribution in [0.4, 0.5) is 0 Å². The van der Waals surface area contributed by atoms with Crippen LogP contribution in [0.25, 0.3) is 0 Å². The molecule has 0 aliphatic carbocycles. The fourth-order valence-corrected chi connectivity index (χ4v) is 3.47. The molecule has 1 aliphatic rings. The maximum atomic E-state index is 12.6. The summed E-state index contributed by atoms with van der Waals surface area (Å²) in [5, 5.41) is 0. The molecule has 0 fully saturated rings. The molecule has 1 aliphatic heterocycles. The first kappa shape index (κ1) is 20.7. The minimum Gasteiger partial charge on any atom is -0.493 e. The lowest BCUT2D eigenvalue weighted by molar-refractivity contribution is -0.156. The number of hydrogen-bond acceptors (Lipinski definition) is 5. The van der Waals surface area contributed by atoms with Crippen molar-refractivity contribution in [2.45, 2.75) is 32.2 Å². The molecule has 1 amide bonds. The molecule has 1 heterocycles. The molecule has 0 bridgehead atoms. The van der Waals surface area contributed by atoms with Gasteiger partial charge in [-0.05, 0) is 49.1 Å². The van der Waals surface area contributed by atoms with Gasteiger partial charge in [0, 0.05) is 13.1 Å². The summed E-state index contributed by atoms with van der Waals surface area (Å²) in [6.07, 6.45) is 0.713. The number of benzene rings is 2. The van der Waals surface area contributed by atoms with Gasteiger partial charge in [0.2, 0.25) is 0 Å². The standard InChI is InChI=1S/C23H27NO5/c1-23(2,18-8-6-5-7-9-18)22(26)29-15-21(25)24-11-10-16-12-19(27-3)20(28-4)13-17(16)14-24/h5-9,12-13H,10-11,14-15H2,1-4H3. The molecule has 2 aromatic carbocycles. The van der Waals surface area contributed by atoms with E-state index in [-0.39, 0.29) is 12.5 Å². The molecule has 2 aromatic rings. The van der Waals surface area contributed by atoms with Gasteiger partial charge in [-0.25, -0.2) is 0 Å². The van der Waals surface area contributed by atoms with Gasteiger partial charge in [0.1, 0.15) is 0 Å². The fraction of sp³-hybridized carbons (Fsp3) is 0.391. The quantitative estimate of drug-likeness (QED) is 0.701. The van der Waals surface area contributed by atoms with Gasteiger partial charge in [-0.2, -0.15) is 0 Å². The number of fused-ring (bicyclic) bond motifs is 1. The Bertz CT molecular complexity index is 892. The topological polar surface area (TPSA) is 65.1 Å². The van der Waals surface area contributed by atoms with Crippen LogP contribution in [0.2, 0.25) is 0 Å². The van der Waals surface area contributed by atoms with Crippen molar-refractivity contribution in [2.75, 3.05) is 27.4 Å². The number of amides is 1. The van der Waals surface area contributed by atoms with Crippen LogP contribution in [-0.2, 0) is 32.7 Å². The Morgan fingerprint density at radius 3 is 2.24 bits per heavy atom. The lowest BCUT2D eigenvalue weighted by Gasteiger charge is -2.30. The van der Waals surface area contributed by atoms with Crippen LogP contribution >= 0.6 is 0 Å². The van der Waals surface area contributed by atoms with Gasteiger partial charge >= 0.3 is 5.97 Å². The van der Waals surface area contributed by atoms with Crippen LogP contribution in [0.3, 0.4) is 0 Å². The van der Waals surface area contributed by atoms with Crippen molar-refractivity contribution < 1.29 is 23.8 Å². The van der Waals surface area contributed by atoms with E-state index in [4.69, 9.17) is 14.2 Å². The number of ether oxygens (including phenoxy) is 3. The highest BCUT2D eigenvalue weighted by Crippen LogP contribution is 2.33. The maximum Gasteiger partial charge on any atom is 0.316 e. The Hall–Kier alpha value is -3.02. The van der Waals surface area contributed by atoms with E-state index < -0.39 is 11.4 Å². The molecule has 29 heavy (non-hydrogen) atoms. The van der Waals surface area contributed by atoms with Gasteiger partial charge < -0.3 is 19.1 Å². The number of carbonyl (C=O) groups is 2. The van der Waals surface area contributed by atoms with Crippen molar-refractivity contribution in [3.05, 3.63) is 59.2 Å². The lowest BCUT2D eigenvalue weighted by Crippen LogP contribution is -2.40. The Morgan fingerprint density at radius 1 is 1.00 bits per heavy atom. The molecule has 0 unspecified atom stereocenters. The summed E-state index contributed by atoms with van der Waals surface area (Å²) in [7, 11) is 3.19. The van der Waals surface area contributed by atoms with E-state index in [9.17, 15) is 9.59 Å². The van der Waals surface area contributed by atoms with Crippen molar-refractivity contribution in [1.29, 1.82) is 0 Å². The van der Waals surface area contributed by atoms with E-state index in [0.29, 0.717) is 31.0 Å². The van der Waals surface area contributed by atoms with E-state index in [1.165, 1.54) is 0 Å². The third kappa shape index (κ3) is 4.36. The Morgan fingerprint density at radius 2 is 1.62 bits per heavy atom. The normalized spacial score (nSPS) is 13.4. The van der Waals surface area contributed by atoms with Crippen molar-refractivity contribution in [3.63, 3.8) is 0 Å². The van der Waals surface area contributed by atoms with Crippen LogP contribution in [0.1, 0.15) is 30.5 Å². The minimum absolute atomic E-state index is 0.206. The SMILES string of the molecule is COc1cc2c(cc1OC)CN(C(=O)COC(=O)C(C)(C)c1ccccc1)CC2. The molecular formula is C23H27NO5. The zero-order valence-corrected chi connectivity index (χ0v) is 17.4. The molecule has 0 saturated carbocycles. The predicted octanol–water partition coefficient (Wildman–Crippen LogP) is 3.11. The Labute approximate surface area is 171 Å². The maximum absolute atomic E-state index is 12.6. The highest BCUT2D eigenvalue weighted by Gasteiger charge is 2.32. The van der Waals surface area contributed by atoms with Gasteiger partial charge in [-0.1, -0.05) is 30.3 Å². The number of esters is 1. The zero-order valence-electron chi connectivity index (χ0n) is 17.4. The lowest BCUT2D eigenvalue weighted by atomic mass is 9.85. The predicted molar refractivity (Wildman–Crippen MR) is 109 cm³/mol. The summed E-state index contributed by atoms with van der Waals surface area (Å²) in [6, 6.07) is 13.3. The van der Waals surface area contributed by atoms with Crippen molar-refractivity contribution >= 4 is 11.9 Å². The molecule has 0 spiro atoms. The summed E-state index contributed by atoms with van der Waals surface area (Å²) >= 11 is 0. The fourth-order valence-electron chi connectivity index (χ4n) is 3.47. The summed E-state index contributed by atoms with van der Waals surface area (Å²) < 4.78 is 16.1. The number of nitrogens with zero attached hydrogens (tertiary/aromatic N) is 1.